The first-order valence-electron chi connectivity index (χ1n) is 7.70. The van der Waals surface area contributed by atoms with E-state index in [0.29, 0.717) is 0 Å². The van der Waals surface area contributed by atoms with E-state index in [1.54, 1.807) is 0 Å². The zero-order valence-corrected chi connectivity index (χ0v) is 13.1. The Hall–Kier alpha value is -0.900. The van der Waals surface area contributed by atoms with Gasteiger partial charge < -0.3 is 10.5 Å². The summed E-state index contributed by atoms with van der Waals surface area (Å²) in [6.45, 7) is 10.1. The smallest absolute Gasteiger partial charge is 0.0645 e. The molecule has 0 aliphatic carbocycles. The van der Waals surface area contributed by atoms with Gasteiger partial charge in [-0.25, -0.2) is 0 Å². The monoisotopic (exact) mass is 276 g/mol. The number of nitrogens with zero attached hydrogens (tertiary/aromatic N) is 1. The molecule has 1 aliphatic rings. The van der Waals surface area contributed by atoms with Gasteiger partial charge in [-0.1, -0.05) is 37.6 Å². The zero-order chi connectivity index (χ0) is 14.6. The third-order valence-electron chi connectivity index (χ3n) is 4.18. The molecule has 3 nitrogen and oxygen atoms in total. The van der Waals surface area contributed by atoms with Crippen molar-refractivity contribution < 1.29 is 4.74 Å². The van der Waals surface area contributed by atoms with E-state index in [1.165, 1.54) is 17.5 Å². The lowest BCUT2D eigenvalue weighted by molar-refractivity contribution is -0.0531. The summed E-state index contributed by atoms with van der Waals surface area (Å²) in [5.41, 5.74) is 9.10. The van der Waals surface area contributed by atoms with Gasteiger partial charge in [-0.3, -0.25) is 4.90 Å². The van der Waals surface area contributed by atoms with Gasteiger partial charge >= 0.3 is 0 Å². The molecular weight excluding hydrogens is 248 g/mol. The molecule has 0 amide bonds. The predicted molar refractivity (Wildman–Crippen MR) is 83.8 cm³/mol. The molecular formula is C17H28N2O. The first kappa shape index (κ1) is 15.5. The van der Waals surface area contributed by atoms with Gasteiger partial charge in [-0.2, -0.15) is 0 Å². The van der Waals surface area contributed by atoms with Crippen LogP contribution in [-0.2, 0) is 11.2 Å². The van der Waals surface area contributed by atoms with Crippen molar-refractivity contribution in [1.82, 2.24) is 4.90 Å². The highest BCUT2D eigenvalue weighted by molar-refractivity contribution is 5.25. The third kappa shape index (κ3) is 3.81. The van der Waals surface area contributed by atoms with Crippen molar-refractivity contribution in [3.05, 3.63) is 35.4 Å². The summed E-state index contributed by atoms with van der Waals surface area (Å²) < 4.78 is 5.56. The predicted octanol–water partition coefficient (Wildman–Crippen LogP) is 2.75. The second-order valence-electron chi connectivity index (χ2n) is 6.41. The third-order valence-corrected chi connectivity index (χ3v) is 4.18. The summed E-state index contributed by atoms with van der Waals surface area (Å²) in [7, 11) is 0. The van der Waals surface area contributed by atoms with Crippen LogP contribution in [-0.4, -0.2) is 36.7 Å². The minimum atomic E-state index is 0.0723. The molecule has 0 spiro atoms. The molecule has 0 aromatic heterocycles. The Morgan fingerprint density at radius 1 is 1.30 bits per heavy atom. The van der Waals surface area contributed by atoms with E-state index in [-0.39, 0.29) is 11.6 Å². The van der Waals surface area contributed by atoms with Crippen LogP contribution in [0.15, 0.2) is 24.3 Å². The van der Waals surface area contributed by atoms with Gasteiger partial charge in [0.15, 0.2) is 0 Å². The van der Waals surface area contributed by atoms with Crippen LogP contribution in [0.4, 0.5) is 0 Å². The molecule has 0 bridgehead atoms. The second kappa shape index (κ2) is 6.70. The highest BCUT2D eigenvalue weighted by Crippen LogP contribution is 2.22. The van der Waals surface area contributed by atoms with Crippen molar-refractivity contribution >= 4 is 0 Å². The Morgan fingerprint density at radius 2 is 2.00 bits per heavy atom. The number of morpholine rings is 1. The number of hydrogen-bond donors (Lipinski definition) is 1. The maximum atomic E-state index is 6.39. The lowest BCUT2D eigenvalue weighted by Crippen LogP contribution is -2.54. The maximum Gasteiger partial charge on any atom is 0.0645 e. The Bertz CT molecular complexity index is 414. The molecule has 20 heavy (non-hydrogen) atoms. The van der Waals surface area contributed by atoms with Crippen LogP contribution in [0.25, 0.3) is 0 Å². The maximum absolute atomic E-state index is 6.39. The van der Waals surface area contributed by atoms with E-state index >= 15 is 0 Å². The number of aryl methyl sites for hydroxylation is 1. The Balaban J connectivity index is 1.98. The zero-order valence-electron chi connectivity index (χ0n) is 13.1. The lowest BCUT2D eigenvalue weighted by atomic mass is 9.98. The molecule has 1 aliphatic heterocycles. The van der Waals surface area contributed by atoms with Crippen molar-refractivity contribution in [1.29, 1.82) is 0 Å². The lowest BCUT2D eigenvalue weighted by Gasteiger charge is -2.43. The number of hydrogen-bond acceptors (Lipinski definition) is 3. The van der Waals surface area contributed by atoms with Gasteiger partial charge in [0.1, 0.15) is 0 Å². The van der Waals surface area contributed by atoms with Gasteiger partial charge in [0.2, 0.25) is 0 Å². The molecule has 2 N–H and O–H groups in total. The van der Waals surface area contributed by atoms with Crippen molar-refractivity contribution in [2.75, 3.05) is 26.3 Å². The first-order valence-corrected chi connectivity index (χ1v) is 7.70. The summed E-state index contributed by atoms with van der Waals surface area (Å²) in [6, 6.07) is 8.86. The summed E-state index contributed by atoms with van der Waals surface area (Å²) in [6.07, 6.45) is 2.33. The van der Waals surface area contributed by atoms with Crippen LogP contribution in [0.5, 0.6) is 0 Å². The summed E-state index contributed by atoms with van der Waals surface area (Å²) >= 11 is 0. The van der Waals surface area contributed by atoms with Gasteiger partial charge in [0, 0.05) is 24.7 Å². The van der Waals surface area contributed by atoms with Gasteiger partial charge in [0.05, 0.1) is 13.2 Å². The number of benzene rings is 1. The van der Waals surface area contributed by atoms with Crippen LogP contribution < -0.4 is 5.73 Å². The average Bonchev–Trinajstić information content (AvgIpc) is 2.42. The fourth-order valence-electron chi connectivity index (χ4n) is 2.79. The molecule has 112 valence electrons. The largest absolute Gasteiger partial charge is 0.378 e. The summed E-state index contributed by atoms with van der Waals surface area (Å²) in [5.74, 6) is 0. The Labute approximate surface area is 123 Å². The van der Waals surface area contributed by atoms with Crippen LogP contribution in [0.2, 0.25) is 0 Å². The fourth-order valence-corrected chi connectivity index (χ4v) is 2.79. The van der Waals surface area contributed by atoms with Crippen molar-refractivity contribution in [2.24, 2.45) is 5.73 Å². The number of nitrogens with two attached hydrogens (primary N) is 1. The van der Waals surface area contributed by atoms with E-state index in [9.17, 15) is 0 Å². The molecule has 0 radical (unpaired) electrons. The molecule has 0 saturated carbocycles. The van der Waals surface area contributed by atoms with E-state index in [1.807, 2.05) is 0 Å². The SMILES string of the molecule is CCCc1ccc(C(N)CN2CCOCC2(C)C)cc1. The Morgan fingerprint density at radius 3 is 2.60 bits per heavy atom. The molecule has 3 heteroatoms. The normalized spacial score (nSPS) is 20.8. The minimum absolute atomic E-state index is 0.0723. The molecule has 1 aromatic rings. The van der Waals surface area contributed by atoms with Crippen LogP contribution >= 0.6 is 0 Å². The quantitative estimate of drug-likeness (QED) is 0.898. The van der Waals surface area contributed by atoms with Gasteiger partial charge in [-0.15, -0.1) is 0 Å². The summed E-state index contributed by atoms with van der Waals surface area (Å²) in [4.78, 5) is 2.45. The van der Waals surface area contributed by atoms with E-state index in [4.69, 9.17) is 10.5 Å². The molecule has 1 heterocycles. The molecule has 2 rings (SSSR count). The van der Waals surface area contributed by atoms with Crippen molar-refractivity contribution in [3.63, 3.8) is 0 Å². The molecule has 1 unspecified atom stereocenters. The van der Waals surface area contributed by atoms with E-state index < -0.39 is 0 Å². The molecule has 1 fully saturated rings. The van der Waals surface area contributed by atoms with Gasteiger partial charge in [0.25, 0.3) is 0 Å². The Kier molecular flexibility index (Phi) is 5.19. The molecule has 1 saturated heterocycles. The van der Waals surface area contributed by atoms with Crippen LogP contribution in [0.3, 0.4) is 0 Å². The topological polar surface area (TPSA) is 38.5 Å². The molecule has 1 aromatic carbocycles. The highest BCUT2D eigenvalue weighted by Gasteiger charge is 2.31. The molecule has 1 atom stereocenters. The fraction of sp³-hybridized carbons (Fsp3) is 0.647. The number of rotatable bonds is 5. The standard InChI is InChI=1S/C17H28N2O/c1-4-5-14-6-8-15(9-7-14)16(18)12-19-10-11-20-13-17(19,2)3/h6-9,16H,4-5,10-13,18H2,1-3H3. The van der Waals surface area contributed by atoms with Crippen molar-refractivity contribution in [2.45, 2.75) is 45.2 Å². The van der Waals surface area contributed by atoms with E-state index in [0.717, 1.165) is 32.7 Å². The summed E-state index contributed by atoms with van der Waals surface area (Å²) in [5, 5.41) is 0. The van der Waals surface area contributed by atoms with Gasteiger partial charge in [-0.05, 0) is 31.4 Å². The van der Waals surface area contributed by atoms with E-state index in [2.05, 4.69) is 49.9 Å². The minimum Gasteiger partial charge on any atom is -0.378 e. The van der Waals surface area contributed by atoms with Crippen LogP contribution in [0.1, 0.15) is 44.4 Å². The number of ether oxygens (including phenoxy) is 1. The average molecular weight is 276 g/mol. The second-order valence-corrected chi connectivity index (χ2v) is 6.41. The van der Waals surface area contributed by atoms with Crippen molar-refractivity contribution in [3.8, 4) is 0 Å². The highest BCUT2D eigenvalue weighted by atomic mass is 16.5. The van der Waals surface area contributed by atoms with Crippen LogP contribution in [0, 0.1) is 0 Å². The first-order chi connectivity index (χ1) is 9.53.